The van der Waals surface area contributed by atoms with E-state index in [0.29, 0.717) is 22.5 Å². The van der Waals surface area contributed by atoms with Crippen molar-refractivity contribution in [3.05, 3.63) is 92.1 Å². The maximum atomic E-state index is 13.0. The van der Waals surface area contributed by atoms with Crippen LogP contribution in [0.4, 0.5) is 16.2 Å². The van der Waals surface area contributed by atoms with Crippen molar-refractivity contribution in [1.82, 2.24) is 9.47 Å². The van der Waals surface area contributed by atoms with Crippen LogP contribution < -0.4 is 4.90 Å². The number of anilines is 1. The molecule has 2 fully saturated rings. The summed E-state index contributed by atoms with van der Waals surface area (Å²) in [5.74, 6) is -0.828. The first-order chi connectivity index (χ1) is 18.2. The molecule has 2 aliphatic rings. The van der Waals surface area contributed by atoms with E-state index in [-0.39, 0.29) is 27.8 Å². The maximum absolute atomic E-state index is 13.0. The minimum Gasteiger partial charge on any atom is -0.366 e. The van der Waals surface area contributed by atoms with Crippen molar-refractivity contribution in [2.24, 2.45) is 0 Å². The van der Waals surface area contributed by atoms with Crippen LogP contribution in [0.1, 0.15) is 40.2 Å². The number of hydrogen-bond donors (Lipinski definition) is 0. The summed E-state index contributed by atoms with van der Waals surface area (Å²) in [7, 11) is 0. The number of nitro groups is 1. The van der Waals surface area contributed by atoms with Gasteiger partial charge in [0.25, 0.3) is 16.8 Å². The van der Waals surface area contributed by atoms with Crippen molar-refractivity contribution in [2.45, 2.75) is 26.7 Å². The Kier molecular flexibility index (Phi) is 6.90. The molecular formula is C28H26N4O5S. The van der Waals surface area contributed by atoms with Crippen LogP contribution in [0.5, 0.6) is 0 Å². The van der Waals surface area contributed by atoms with Gasteiger partial charge >= 0.3 is 0 Å². The molecule has 9 nitrogen and oxygen atoms in total. The fraction of sp³-hybridized carbons (Fsp3) is 0.250. The highest BCUT2D eigenvalue weighted by atomic mass is 32.2. The van der Waals surface area contributed by atoms with Gasteiger partial charge in [-0.1, -0.05) is 30.3 Å². The van der Waals surface area contributed by atoms with E-state index in [1.54, 1.807) is 48.5 Å². The second kappa shape index (κ2) is 10.3. The Morgan fingerprint density at radius 2 is 1.76 bits per heavy atom. The number of nitrogens with zero attached hydrogens (tertiary/aromatic N) is 4. The molecule has 2 aromatic carbocycles. The molecule has 1 aromatic heterocycles. The van der Waals surface area contributed by atoms with Crippen LogP contribution in [-0.4, -0.2) is 51.0 Å². The zero-order chi connectivity index (χ0) is 27.0. The first-order valence-electron chi connectivity index (χ1n) is 12.3. The Balaban J connectivity index is 1.42. The zero-order valence-corrected chi connectivity index (χ0v) is 21.9. The van der Waals surface area contributed by atoms with E-state index >= 15 is 0 Å². The number of aryl methyl sites for hydroxylation is 1. The lowest BCUT2D eigenvalue weighted by Crippen LogP contribution is -2.33. The van der Waals surface area contributed by atoms with Gasteiger partial charge in [-0.3, -0.25) is 29.4 Å². The topological polar surface area (TPSA) is 106 Å². The van der Waals surface area contributed by atoms with E-state index in [1.165, 1.54) is 0 Å². The lowest BCUT2D eigenvalue weighted by Gasteiger charge is -2.19. The molecule has 0 N–H and O–H groups in total. The van der Waals surface area contributed by atoms with Crippen molar-refractivity contribution in [1.29, 1.82) is 0 Å². The highest BCUT2D eigenvalue weighted by molar-refractivity contribution is 8.18. The van der Waals surface area contributed by atoms with Gasteiger partial charge in [0.1, 0.15) is 5.69 Å². The molecule has 10 heteroatoms. The van der Waals surface area contributed by atoms with Crippen LogP contribution in [0.3, 0.4) is 0 Å². The monoisotopic (exact) mass is 530 g/mol. The van der Waals surface area contributed by atoms with E-state index in [0.717, 1.165) is 54.0 Å². The molecule has 0 atom stereocenters. The summed E-state index contributed by atoms with van der Waals surface area (Å²) in [6, 6.07) is 15.7. The number of imide groups is 1. The molecule has 2 aliphatic heterocycles. The molecule has 3 heterocycles. The van der Waals surface area contributed by atoms with Gasteiger partial charge in [-0.2, -0.15) is 0 Å². The van der Waals surface area contributed by atoms with Gasteiger partial charge in [0, 0.05) is 36.1 Å². The molecule has 0 aliphatic carbocycles. The number of nitro benzene ring substituents is 1. The van der Waals surface area contributed by atoms with Gasteiger partial charge in [-0.15, -0.1) is 0 Å². The third kappa shape index (κ3) is 4.74. The summed E-state index contributed by atoms with van der Waals surface area (Å²) in [5, 5.41) is 11.4. The lowest BCUT2D eigenvalue weighted by molar-refractivity contribution is -0.384. The van der Waals surface area contributed by atoms with Gasteiger partial charge in [0.15, 0.2) is 5.78 Å². The first kappa shape index (κ1) is 25.5. The number of ketones is 1. The summed E-state index contributed by atoms with van der Waals surface area (Å²) < 4.78 is 1.90. The van der Waals surface area contributed by atoms with Gasteiger partial charge in [-0.25, -0.2) is 0 Å². The van der Waals surface area contributed by atoms with Crippen LogP contribution in [0.25, 0.3) is 11.8 Å². The second-order valence-electron chi connectivity index (χ2n) is 9.34. The van der Waals surface area contributed by atoms with E-state index < -0.39 is 11.1 Å². The molecule has 0 spiro atoms. The molecule has 3 aromatic rings. The van der Waals surface area contributed by atoms with Crippen LogP contribution in [0, 0.1) is 24.0 Å². The number of aromatic nitrogens is 1. The Labute approximate surface area is 223 Å². The minimum absolute atomic E-state index is 0.0580. The molecule has 5 rings (SSSR count). The summed E-state index contributed by atoms with van der Waals surface area (Å²) in [5.41, 5.74) is 4.09. The molecule has 0 radical (unpaired) electrons. The predicted molar refractivity (Wildman–Crippen MR) is 147 cm³/mol. The van der Waals surface area contributed by atoms with Crippen LogP contribution in [-0.2, 0) is 4.79 Å². The van der Waals surface area contributed by atoms with Crippen molar-refractivity contribution in [2.75, 3.05) is 24.5 Å². The molecule has 38 heavy (non-hydrogen) atoms. The van der Waals surface area contributed by atoms with E-state index in [9.17, 15) is 24.5 Å². The van der Waals surface area contributed by atoms with Crippen molar-refractivity contribution < 1.29 is 19.3 Å². The summed E-state index contributed by atoms with van der Waals surface area (Å²) in [6.45, 7) is 5.03. The van der Waals surface area contributed by atoms with E-state index in [4.69, 9.17) is 0 Å². The van der Waals surface area contributed by atoms with Gasteiger partial charge in [0.05, 0.1) is 22.1 Å². The number of carbonyl (C=O) groups excluding carboxylic acids is 3. The molecule has 2 saturated heterocycles. The summed E-state index contributed by atoms with van der Waals surface area (Å²) in [6.07, 6.45) is 3.68. The summed E-state index contributed by atoms with van der Waals surface area (Å²) in [4.78, 5) is 52.9. The number of benzene rings is 2. The largest absolute Gasteiger partial charge is 0.366 e. The average molecular weight is 531 g/mol. The SMILES string of the molecule is Cc1cc(/C=C2\SC(=O)N(CC(=O)c3ccccc3)C2=O)c(C)n1-c1ccc(N2CCCC2)c([N+](=O)[O-])c1. The Morgan fingerprint density at radius 1 is 1.05 bits per heavy atom. The van der Waals surface area contributed by atoms with Gasteiger partial charge in [0.2, 0.25) is 0 Å². The number of Topliss-reactive ketones (excluding diaryl/α,β-unsaturated/α-hetero) is 1. The Bertz CT molecular complexity index is 1490. The standard InChI is InChI=1S/C28H26N4O5S/c1-18-14-21(15-26-27(34)30(28(35)38-26)17-25(33)20-8-4-3-5-9-20)19(2)31(18)22-10-11-23(24(16-22)32(36)37)29-12-6-7-13-29/h3-5,8-11,14-16H,6-7,12-13,17H2,1-2H3/b26-15-. The number of carbonyl (C=O) groups is 3. The quantitative estimate of drug-likeness (QED) is 0.171. The van der Waals surface area contributed by atoms with Crippen LogP contribution in [0.15, 0.2) is 59.5 Å². The molecule has 0 bridgehead atoms. The molecule has 0 saturated carbocycles. The Morgan fingerprint density at radius 3 is 2.45 bits per heavy atom. The predicted octanol–water partition coefficient (Wildman–Crippen LogP) is 5.52. The third-order valence-electron chi connectivity index (χ3n) is 6.89. The van der Waals surface area contributed by atoms with E-state index in [1.807, 2.05) is 35.4 Å². The second-order valence-corrected chi connectivity index (χ2v) is 10.3. The number of rotatable bonds is 7. The van der Waals surface area contributed by atoms with Gasteiger partial charge < -0.3 is 9.47 Å². The molecule has 0 unspecified atom stereocenters. The number of thioether (sulfide) groups is 1. The minimum atomic E-state index is -0.514. The maximum Gasteiger partial charge on any atom is 0.294 e. The number of hydrogen-bond acceptors (Lipinski definition) is 7. The van der Waals surface area contributed by atoms with Crippen LogP contribution in [0.2, 0.25) is 0 Å². The van der Waals surface area contributed by atoms with E-state index in [2.05, 4.69) is 0 Å². The smallest absolute Gasteiger partial charge is 0.294 e. The van der Waals surface area contributed by atoms with Gasteiger partial charge in [-0.05, 0) is 68.3 Å². The lowest BCUT2D eigenvalue weighted by atomic mass is 10.1. The Hall–Kier alpha value is -4.18. The third-order valence-corrected chi connectivity index (χ3v) is 7.80. The van der Waals surface area contributed by atoms with Crippen molar-refractivity contribution in [3.63, 3.8) is 0 Å². The van der Waals surface area contributed by atoms with Crippen LogP contribution >= 0.6 is 11.8 Å². The molecular weight excluding hydrogens is 504 g/mol. The molecule has 2 amide bonds. The average Bonchev–Trinajstić information content (AvgIpc) is 3.60. The highest BCUT2D eigenvalue weighted by Gasteiger charge is 2.36. The fourth-order valence-corrected chi connectivity index (χ4v) is 5.82. The summed E-state index contributed by atoms with van der Waals surface area (Å²) >= 11 is 0.798. The molecule has 194 valence electrons. The zero-order valence-electron chi connectivity index (χ0n) is 21.0. The number of amides is 2. The van der Waals surface area contributed by atoms with Crippen molar-refractivity contribution >= 4 is 46.1 Å². The first-order valence-corrected chi connectivity index (χ1v) is 13.1. The normalized spacial score (nSPS) is 16.6. The fourth-order valence-electron chi connectivity index (χ4n) is 4.99. The highest BCUT2D eigenvalue weighted by Crippen LogP contribution is 2.36. The van der Waals surface area contributed by atoms with Crippen molar-refractivity contribution in [3.8, 4) is 5.69 Å².